The molecular formula is C14H21IN2O. The Balaban J connectivity index is 2.89. The molecule has 0 aliphatic rings. The lowest BCUT2D eigenvalue weighted by Crippen LogP contribution is -2.43. The summed E-state index contributed by atoms with van der Waals surface area (Å²) in [6.07, 6.45) is 0. The van der Waals surface area contributed by atoms with Gasteiger partial charge in [0, 0.05) is 22.7 Å². The van der Waals surface area contributed by atoms with Gasteiger partial charge < -0.3 is 9.80 Å². The van der Waals surface area contributed by atoms with Crippen molar-refractivity contribution in [3.05, 3.63) is 33.4 Å². The van der Waals surface area contributed by atoms with Gasteiger partial charge in [0.15, 0.2) is 0 Å². The zero-order chi connectivity index (χ0) is 13.7. The Bertz CT molecular complexity index is 407. The molecule has 100 valence electrons. The summed E-state index contributed by atoms with van der Waals surface area (Å²) in [7, 11) is 4.06. The van der Waals surface area contributed by atoms with Crippen molar-refractivity contribution >= 4 is 28.5 Å². The van der Waals surface area contributed by atoms with E-state index < -0.39 is 0 Å². The molecule has 0 bridgehead atoms. The first-order chi connectivity index (χ1) is 8.47. The Morgan fingerprint density at radius 2 is 1.94 bits per heavy atom. The van der Waals surface area contributed by atoms with Crippen molar-refractivity contribution in [3.8, 4) is 0 Å². The van der Waals surface area contributed by atoms with Crippen LogP contribution in [0.3, 0.4) is 0 Å². The zero-order valence-corrected chi connectivity index (χ0v) is 13.6. The highest BCUT2D eigenvalue weighted by Gasteiger charge is 2.21. The van der Waals surface area contributed by atoms with Crippen LogP contribution >= 0.6 is 22.6 Å². The number of benzene rings is 1. The maximum atomic E-state index is 12.5. The molecule has 0 aromatic heterocycles. The number of rotatable bonds is 5. The van der Waals surface area contributed by atoms with Crippen molar-refractivity contribution in [2.75, 3.05) is 27.2 Å². The molecule has 1 unspecified atom stereocenters. The van der Waals surface area contributed by atoms with E-state index in [9.17, 15) is 4.79 Å². The fourth-order valence-electron chi connectivity index (χ4n) is 2.07. The smallest absolute Gasteiger partial charge is 0.255 e. The Morgan fingerprint density at radius 1 is 1.33 bits per heavy atom. The molecule has 0 N–H and O–H groups in total. The van der Waals surface area contributed by atoms with Crippen LogP contribution in [-0.2, 0) is 0 Å². The third-order valence-electron chi connectivity index (χ3n) is 2.87. The highest BCUT2D eigenvalue weighted by atomic mass is 127. The standard InChI is InChI=1S/C14H21IN2O/c1-5-17(11(2)10-16(3)4)14(18)12-8-6-7-9-13(12)15/h6-9,11H,5,10H2,1-4H3. The minimum atomic E-state index is 0.122. The predicted molar refractivity (Wildman–Crippen MR) is 83.9 cm³/mol. The van der Waals surface area contributed by atoms with Crippen LogP contribution < -0.4 is 0 Å². The lowest BCUT2D eigenvalue weighted by molar-refractivity contribution is 0.0678. The quantitative estimate of drug-likeness (QED) is 0.754. The molecule has 0 spiro atoms. The summed E-state index contributed by atoms with van der Waals surface area (Å²) < 4.78 is 1.01. The van der Waals surface area contributed by atoms with E-state index in [2.05, 4.69) is 34.4 Å². The molecule has 4 heteroatoms. The van der Waals surface area contributed by atoms with E-state index in [-0.39, 0.29) is 11.9 Å². The minimum Gasteiger partial charge on any atom is -0.335 e. The topological polar surface area (TPSA) is 23.6 Å². The summed E-state index contributed by atoms with van der Waals surface area (Å²) >= 11 is 2.22. The van der Waals surface area contributed by atoms with E-state index in [4.69, 9.17) is 0 Å². The first kappa shape index (κ1) is 15.4. The molecule has 1 amide bonds. The fourth-order valence-corrected chi connectivity index (χ4v) is 2.69. The Kier molecular flexibility index (Phi) is 6.08. The number of amides is 1. The van der Waals surface area contributed by atoms with E-state index in [0.29, 0.717) is 0 Å². The van der Waals surface area contributed by atoms with E-state index in [1.54, 1.807) is 0 Å². The molecule has 0 fully saturated rings. The molecule has 0 aliphatic heterocycles. The molecule has 0 saturated heterocycles. The van der Waals surface area contributed by atoms with Crippen molar-refractivity contribution in [1.82, 2.24) is 9.80 Å². The van der Waals surface area contributed by atoms with E-state index in [1.165, 1.54) is 0 Å². The Labute approximate surface area is 123 Å². The van der Waals surface area contributed by atoms with Gasteiger partial charge in [-0.1, -0.05) is 12.1 Å². The molecule has 1 rings (SSSR count). The summed E-state index contributed by atoms with van der Waals surface area (Å²) in [5, 5.41) is 0. The first-order valence-corrected chi connectivity index (χ1v) is 7.25. The maximum Gasteiger partial charge on any atom is 0.255 e. The van der Waals surface area contributed by atoms with Gasteiger partial charge in [0.05, 0.1) is 5.56 Å². The summed E-state index contributed by atoms with van der Waals surface area (Å²) in [6.45, 7) is 5.73. The van der Waals surface area contributed by atoms with E-state index in [0.717, 1.165) is 22.2 Å². The minimum absolute atomic E-state index is 0.122. The lowest BCUT2D eigenvalue weighted by Gasteiger charge is -2.30. The SMILES string of the molecule is CCN(C(=O)c1ccccc1I)C(C)CN(C)C. The second kappa shape index (κ2) is 7.09. The second-order valence-electron chi connectivity index (χ2n) is 4.68. The molecule has 0 aliphatic carbocycles. The summed E-state index contributed by atoms with van der Waals surface area (Å²) in [6, 6.07) is 7.96. The van der Waals surface area contributed by atoms with Gasteiger partial charge in [0.1, 0.15) is 0 Å². The molecule has 1 atom stereocenters. The first-order valence-electron chi connectivity index (χ1n) is 6.17. The largest absolute Gasteiger partial charge is 0.335 e. The van der Waals surface area contributed by atoms with Crippen LogP contribution in [-0.4, -0.2) is 48.9 Å². The van der Waals surface area contributed by atoms with Gasteiger partial charge in [-0.05, 0) is 62.7 Å². The number of carbonyl (C=O) groups is 1. The van der Waals surface area contributed by atoms with Crippen molar-refractivity contribution in [1.29, 1.82) is 0 Å². The number of carbonyl (C=O) groups excluding carboxylic acids is 1. The molecule has 0 saturated carbocycles. The van der Waals surface area contributed by atoms with Crippen LogP contribution in [0.15, 0.2) is 24.3 Å². The zero-order valence-electron chi connectivity index (χ0n) is 11.5. The van der Waals surface area contributed by atoms with Gasteiger partial charge in [-0.3, -0.25) is 4.79 Å². The normalized spacial score (nSPS) is 12.6. The van der Waals surface area contributed by atoms with Crippen LogP contribution in [0.4, 0.5) is 0 Å². The van der Waals surface area contributed by atoms with Gasteiger partial charge in [0.2, 0.25) is 0 Å². The third-order valence-corrected chi connectivity index (χ3v) is 3.81. The van der Waals surface area contributed by atoms with Crippen molar-refractivity contribution in [2.45, 2.75) is 19.9 Å². The van der Waals surface area contributed by atoms with E-state index >= 15 is 0 Å². The number of hydrogen-bond acceptors (Lipinski definition) is 2. The molecule has 1 aromatic rings. The molecular weight excluding hydrogens is 339 g/mol. The summed E-state index contributed by atoms with van der Waals surface area (Å²) in [5.41, 5.74) is 0.797. The maximum absolute atomic E-state index is 12.5. The average molecular weight is 360 g/mol. The van der Waals surface area contributed by atoms with Gasteiger partial charge in [-0.2, -0.15) is 0 Å². The number of nitrogens with zero attached hydrogens (tertiary/aromatic N) is 2. The fraction of sp³-hybridized carbons (Fsp3) is 0.500. The van der Waals surface area contributed by atoms with Gasteiger partial charge in [-0.15, -0.1) is 0 Å². The predicted octanol–water partition coefficient (Wildman–Crippen LogP) is 2.70. The van der Waals surface area contributed by atoms with Crippen molar-refractivity contribution in [2.24, 2.45) is 0 Å². The lowest BCUT2D eigenvalue weighted by atomic mass is 10.1. The Morgan fingerprint density at radius 3 is 2.44 bits per heavy atom. The highest BCUT2D eigenvalue weighted by Crippen LogP contribution is 2.15. The highest BCUT2D eigenvalue weighted by molar-refractivity contribution is 14.1. The number of likely N-dealkylation sites (N-methyl/N-ethyl adjacent to an activating group) is 2. The van der Waals surface area contributed by atoms with Crippen molar-refractivity contribution in [3.63, 3.8) is 0 Å². The van der Waals surface area contributed by atoms with Crippen LogP contribution in [0.5, 0.6) is 0 Å². The second-order valence-corrected chi connectivity index (χ2v) is 5.84. The van der Waals surface area contributed by atoms with Crippen LogP contribution in [0.1, 0.15) is 24.2 Å². The van der Waals surface area contributed by atoms with Gasteiger partial charge in [0.25, 0.3) is 5.91 Å². The third kappa shape index (κ3) is 3.95. The number of hydrogen-bond donors (Lipinski definition) is 0. The van der Waals surface area contributed by atoms with Crippen LogP contribution in [0.25, 0.3) is 0 Å². The summed E-state index contributed by atoms with van der Waals surface area (Å²) in [4.78, 5) is 16.6. The Hall–Kier alpha value is -0.620. The van der Waals surface area contributed by atoms with E-state index in [1.807, 2.05) is 50.2 Å². The summed E-state index contributed by atoms with van der Waals surface area (Å²) in [5.74, 6) is 0.122. The van der Waals surface area contributed by atoms with Gasteiger partial charge in [-0.25, -0.2) is 0 Å². The number of halogens is 1. The monoisotopic (exact) mass is 360 g/mol. The molecule has 0 heterocycles. The van der Waals surface area contributed by atoms with Crippen molar-refractivity contribution < 1.29 is 4.79 Å². The van der Waals surface area contributed by atoms with Crippen LogP contribution in [0.2, 0.25) is 0 Å². The van der Waals surface area contributed by atoms with Gasteiger partial charge >= 0.3 is 0 Å². The molecule has 1 aromatic carbocycles. The molecule has 3 nitrogen and oxygen atoms in total. The molecule has 18 heavy (non-hydrogen) atoms. The van der Waals surface area contributed by atoms with Crippen LogP contribution in [0, 0.1) is 3.57 Å². The average Bonchev–Trinajstić information content (AvgIpc) is 2.29. The molecule has 0 radical (unpaired) electrons.